The smallest absolute Gasteiger partial charge is 0.0546 e. The van der Waals surface area contributed by atoms with Crippen molar-refractivity contribution in [3.63, 3.8) is 0 Å². The quantitative estimate of drug-likeness (QED) is 0.220. The Morgan fingerprint density at radius 3 is 1.38 bits per heavy atom. The summed E-state index contributed by atoms with van der Waals surface area (Å²) in [4.78, 5) is 2.41. The van der Waals surface area contributed by atoms with Gasteiger partial charge in [0, 0.05) is 16.8 Å². The second-order valence-corrected chi connectivity index (χ2v) is 10.2. The Labute approximate surface area is 227 Å². The van der Waals surface area contributed by atoms with Crippen molar-refractivity contribution in [2.45, 2.75) is 0 Å². The number of nitrogens with zero attached hydrogens (tertiary/aromatic N) is 1. The van der Waals surface area contributed by atoms with Crippen LogP contribution in [0.2, 0.25) is 0 Å². The molecule has 0 saturated heterocycles. The molecule has 1 nitrogen and oxygen atoms in total. The monoisotopic (exact) mass is 495 g/mol. The number of benzene rings is 8. The number of hydrogen-bond donors (Lipinski definition) is 0. The fraction of sp³-hybridized carbons (Fsp3) is 0. The van der Waals surface area contributed by atoms with Gasteiger partial charge in [-0.15, -0.1) is 0 Å². The molecule has 0 aliphatic heterocycles. The molecule has 0 bridgehead atoms. The van der Waals surface area contributed by atoms with E-state index in [4.69, 9.17) is 0 Å². The first-order valence-electron chi connectivity index (χ1n) is 13.5. The minimum atomic E-state index is 1.14. The standard InChI is InChI=1S/C38H25N/c1-2-13-27(14-3-1)39(38-24-26-12-4-5-15-29(26)30-16-10-11-21-36(30)38)28-22-23-35-33-19-7-6-17-31(33)32-18-8-9-20-34(32)37(35)25-28/h1-25H. The van der Waals surface area contributed by atoms with Crippen LogP contribution in [-0.2, 0) is 0 Å². The van der Waals surface area contributed by atoms with Crippen LogP contribution >= 0.6 is 0 Å². The maximum absolute atomic E-state index is 2.41. The largest absolute Gasteiger partial charge is 0.310 e. The van der Waals surface area contributed by atoms with Gasteiger partial charge in [-0.3, -0.25) is 0 Å². The fourth-order valence-corrected chi connectivity index (χ4v) is 6.26. The van der Waals surface area contributed by atoms with Gasteiger partial charge in [0.1, 0.15) is 0 Å². The Bertz CT molecular complexity index is 2140. The van der Waals surface area contributed by atoms with Crippen molar-refractivity contribution in [1.29, 1.82) is 0 Å². The van der Waals surface area contributed by atoms with Crippen LogP contribution in [0.15, 0.2) is 152 Å². The third-order valence-electron chi connectivity index (χ3n) is 7.99. The van der Waals surface area contributed by atoms with Crippen LogP contribution in [0.1, 0.15) is 0 Å². The number of fused-ring (bicyclic) bond motifs is 9. The lowest BCUT2D eigenvalue weighted by molar-refractivity contribution is 1.31. The molecule has 0 aliphatic rings. The number of anilines is 3. The molecule has 0 unspecified atom stereocenters. The van der Waals surface area contributed by atoms with E-state index in [0.29, 0.717) is 0 Å². The molecule has 39 heavy (non-hydrogen) atoms. The molecule has 8 aromatic rings. The average Bonchev–Trinajstić information content (AvgIpc) is 3.02. The molecule has 0 spiro atoms. The summed E-state index contributed by atoms with van der Waals surface area (Å²) >= 11 is 0. The van der Waals surface area contributed by atoms with Crippen LogP contribution in [0.3, 0.4) is 0 Å². The van der Waals surface area contributed by atoms with E-state index in [0.717, 1.165) is 11.4 Å². The highest BCUT2D eigenvalue weighted by atomic mass is 15.1. The Kier molecular flexibility index (Phi) is 4.89. The van der Waals surface area contributed by atoms with Crippen molar-refractivity contribution in [3.8, 4) is 0 Å². The van der Waals surface area contributed by atoms with Crippen molar-refractivity contribution in [1.82, 2.24) is 0 Å². The summed E-state index contributed by atoms with van der Waals surface area (Å²) in [6, 6.07) is 55.0. The first kappa shape index (κ1) is 21.9. The van der Waals surface area contributed by atoms with E-state index in [1.54, 1.807) is 0 Å². The molecule has 1 heteroatoms. The molecule has 0 amide bonds. The fourth-order valence-electron chi connectivity index (χ4n) is 6.26. The number of para-hydroxylation sites is 1. The molecule has 0 heterocycles. The van der Waals surface area contributed by atoms with Gasteiger partial charge in [0.25, 0.3) is 0 Å². The molecule has 0 saturated carbocycles. The Morgan fingerprint density at radius 1 is 0.282 bits per heavy atom. The highest BCUT2D eigenvalue weighted by molar-refractivity contribution is 6.26. The highest BCUT2D eigenvalue weighted by Gasteiger charge is 2.18. The van der Waals surface area contributed by atoms with Gasteiger partial charge >= 0.3 is 0 Å². The van der Waals surface area contributed by atoms with E-state index in [1.165, 1.54) is 59.5 Å². The molecule has 0 radical (unpaired) electrons. The van der Waals surface area contributed by atoms with Gasteiger partial charge in [-0.25, -0.2) is 0 Å². The van der Waals surface area contributed by atoms with Crippen LogP contribution in [0.25, 0.3) is 53.9 Å². The molecule has 8 aromatic carbocycles. The topological polar surface area (TPSA) is 3.24 Å². The van der Waals surface area contributed by atoms with E-state index in [9.17, 15) is 0 Å². The zero-order chi connectivity index (χ0) is 25.8. The lowest BCUT2D eigenvalue weighted by atomic mass is 9.93. The van der Waals surface area contributed by atoms with Gasteiger partial charge in [-0.05, 0) is 78.8 Å². The molecule has 0 fully saturated rings. The summed E-state index contributed by atoms with van der Waals surface area (Å²) in [6.07, 6.45) is 0. The lowest BCUT2D eigenvalue weighted by Gasteiger charge is -2.28. The van der Waals surface area contributed by atoms with E-state index in [-0.39, 0.29) is 0 Å². The van der Waals surface area contributed by atoms with Crippen molar-refractivity contribution in [3.05, 3.63) is 152 Å². The first-order chi connectivity index (χ1) is 19.4. The molecule has 0 atom stereocenters. The van der Waals surface area contributed by atoms with E-state index < -0.39 is 0 Å². The van der Waals surface area contributed by atoms with Crippen LogP contribution < -0.4 is 4.90 Å². The van der Waals surface area contributed by atoms with Gasteiger partial charge < -0.3 is 4.90 Å². The van der Waals surface area contributed by atoms with Crippen molar-refractivity contribution < 1.29 is 0 Å². The normalized spacial score (nSPS) is 11.6. The Hall–Kier alpha value is -5.14. The van der Waals surface area contributed by atoms with Gasteiger partial charge in [0.2, 0.25) is 0 Å². The predicted octanol–water partition coefficient (Wildman–Crippen LogP) is 10.9. The van der Waals surface area contributed by atoms with Crippen molar-refractivity contribution in [2.75, 3.05) is 4.90 Å². The molecule has 8 rings (SSSR count). The van der Waals surface area contributed by atoms with Crippen molar-refractivity contribution >= 4 is 70.9 Å². The predicted molar refractivity (Wildman–Crippen MR) is 169 cm³/mol. The van der Waals surface area contributed by atoms with Gasteiger partial charge in [-0.2, -0.15) is 0 Å². The first-order valence-corrected chi connectivity index (χ1v) is 13.5. The minimum Gasteiger partial charge on any atom is -0.310 e. The minimum absolute atomic E-state index is 1.14. The molecule has 0 aliphatic carbocycles. The highest BCUT2D eigenvalue weighted by Crippen LogP contribution is 2.44. The third-order valence-corrected chi connectivity index (χ3v) is 7.99. The van der Waals surface area contributed by atoms with Gasteiger partial charge in [0.15, 0.2) is 0 Å². The summed E-state index contributed by atoms with van der Waals surface area (Å²) in [5.74, 6) is 0. The number of rotatable bonds is 3. The van der Waals surface area contributed by atoms with Crippen molar-refractivity contribution in [2.24, 2.45) is 0 Å². The van der Waals surface area contributed by atoms with Crippen LogP contribution in [-0.4, -0.2) is 0 Å². The summed E-state index contributed by atoms with van der Waals surface area (Å²) in [5.41, 5.74) is 3.47. The zero-order valence-corrected chi connectivity index (χ0v) is 21.4. The summed E-state index contributed by atoms with van der Waals surface area (Å²) in [6.45, 7) is 0. The third kappa shape index (κ3) is 3.41. The van der Waals surface area contributed by atoms with Gasteiger partial charge in [0.05, 0.1) is 5.69 Å². The SMILES string of the molecule is c1ccc(N(c2ccc3c4ccccc4c4ccccc4c3c2)c2cc3ccccc3c3ccccc23)cc1. The van der Waals surface area contributed by atoms with E-state index in [1.807, 2.05) is 0 Å². The summed E-state index contributed by atoms with van der Waals surface area (Å²) < 4.78 is 0. The van der Waals surface area contributed by atoms with Crippen LogP contribution in [0, 0.1) is 0 Å². The summed E-state index contributed by atoms with van der Waals surface area (Å²) in [5, 5.41) is 12.7. The molecule has 0 aromatic heterocycles. The van der Waals surface area contributed by atoms with E-state index in [2.05, 4.69) is 157 Å². The molecular weight excluding hydrogens is 470 g/mol. The molecular formula is C38H25N. The van der Waals surface area contributed by atoms with Crippen LogP contribution in [0.4, 0.5) is 17.1 Å². The lowest BCUT2D eigenvalue weighted by Crippen LogP contribution is -2.10. The van der Waals surface area contributed by atoms with Gasteiger partial charge in [-0.1, -0.05) is 121 Å². The van der Waals surface area contributed by atoms with E-state index >= 15 is 0 Å². The van der Waals surface area contributed by atoms with Crippen LogP contribution in [0.5, 0.6) is 0 Å². The Morgan fingerprint density at radius 2 is 0.744 bits per heavy atom. The maximum Gasteiger partial charge on any atom is 0.0546 e. The second-order valence-electron chi connectivity index (χ2n) is 10.2. The zero-order valence-electron chi connectivity index (χ0n) is 21.4. The summed E-state index contributed by atoms with van der Waals surface area (Å²) in [7, 11) is 0. The molecule has 0 N–H and O–H groups in total. The Balaban J connectivity index is 1.48. The number of hydrogen-bond acceptors (Lipinski definition) is 1. The molecule has 182 valence electrons. The maximum atomic E-state index is 2.41. The second kappa shape index (κ2) is 8.72. The average molecular weight is 496 g/mol.